The third kappa shape index (κ3) is 5.73. The van der Waals surface area contributed by atoms with Gasteiger partial charge in [-0.1, -0.05) is 51.1 Å². The first-order valence-electron chi connectivity index (χ1n) is 11.0. The van der Waals surface area contributed by atoms with Gasteiger partial charge in [0.15, 0.2) is 0 Å². The molecule has 168 valence electrons. The number of nitrogens with zero attached hydrogens (tertiary/aromatic N) is 2. The summed E-state index contributed by atoms with van der Waals surface area (Å²) in [7, 11) is 1.74. The lowest BCUT2D eigenvalue weighted by atomic mass is 9.86. The van der Waals surface area contributed by atoms with E-state index in [0.717, 1.165) is 48.5 Å². The number of aliphatic imine (C=N–C) groups is 1. The van der Waals surface area contributed by atoms with Crippen LogP contribution in [0.4, 0.5) is 4.79 Å². The number of rotatable bonds is 5. The van der Waals surface area contributed by atoms with Crippen molar-refractivity contribution in [3.05, 3.63) is 47.2 Å². The molecule has 0 spiro atoms. The molecule has 1 aromatic rings. The molecule has 7 nitrogen and oxygen atoms in total. The van der Waals surface area contributed by atoms with Crippen LogP contribution in [-0.4, -0.2) is 61.9 Å². The topological polar surface area (TPSA) is 83.0 Å². The molecule has 31 heavy (non-hydrogen) atoms. The SMILES string of the molecule is CN=C(C1=C(NC(=O)N[C@H](C(=O)N2CCCC2)C(C)(C)C)CCOC1)c1ccccc1. The van der Waals surface area contributed by atoms with E-state index in [4.69, 9.17) is 4.74 Å². The number of carbonyl (C=O) groups is 2. The molecule has 1 fully saturated rings. The fourth-order valence-corrected chi connectivity index (χ4v) is 4.04. The van der Waals surface area contributed by atoms with Crippen LogP contribution in [0, 0.1) is 5.41 Å². The predicted octanol–water partition coefficient (Wildman–Crippen LogP) is 3.12. The zero-order valence-electron chi connectivity index (χ0n) is 19.0. The Balaban J connectivity index is 1.79. The number of benzene rings is 1. The van der Waals surface area contributed by atoms with Gasteiger partial charge in [0.25, 0.3) is 0 Å². The Labute approximate surface area is 184 Å². The summed E-state index contributed by atoms with van der Waals surface area (Å²) < 4.78 is 5.67. The maximum absolute atomic E-state index is 13.1. The predicted molar refractivity (Wildman–Crippen MR) is 122 cm³/mol. The molecule has 2 N–H and O–H groups in total. The van der Waals surface area contributed by atoms with Gasteiger partial charge >= 0.3 is 6.03 Å². The van der Waals surface area contributed by atoms with Gasteiger partial charge in [-0.05, 0) is 18.3 Å². The molecule has 3 amide bonds. The van der Waals surface area contributed by atoms with Crippen LogP contribution in [0.5, 0.6) is 0 Å². The number of carbonyl (C=O) groups excluding carboxylic acids is 2. The molecule has 7 heteroatoms. The van der Waals surface area contributed by atoms with E-state index < -0.39 is 11.5 Å². The van der Waals surface area contributed by atoms with Crippen LogP contribution < -0.4 is 10.6 Å². The van der Waals surface area contributed by atoms with Crippen LogP contribution >= 0.6 is 0 Å². The highest BCUT2D eigenvalue weighted by molar-refractivity contribution is 6.13. The third-order valence-electron chi connectivity index (χ3n) is 5.73. The molecule has 1 aromatic carbocycles. The first-order valence-corrected chi connectivity index (χ1v) is 11.0. The highest BCUT2D eigenvalue weighted by Crippen LogP contribution is 2.24. The molecule has 2 heterocycles. The third-order valence-corrected chi connectivity index (χ3v) is 5.73. The van der Waals surface area contributed by atoms with Gasteiger partial charge in [0, 0.05) is 43.4 Å². The Kier molecular flexibility index (Phi) is 7.49. The van der Waals surface area contributed by atoms with Gasteiger partial charge in [0.1, 0.15) is 6.04 Å². The van der Waals surface area contributed by atoms with Gasteiger partial charge < -0.3 is 20.3 Å². The van der Waals surface area contributed by atoms with E-state index in [0.29, 0.717) is 19.6 Å². The molecule has 0 unspecified atom stereocenters. The molecular weight excluding hydrogens is 392 g/mol. The average Bonchev–Trinajstić information content (AvgIpc) is 3.28. The zero-order valence-corrected chi connectivity index (χ0v) is 19.0. The second-order valence-electron chi connectivity index (χ2n) is 9.13. The monoisotopic (exact) mass is 426 g/mol. The minimum absolute atomic E-state index is 0.0126. The fourth-order valence-electron chi connectivity index (χ4n) is 4.04. The molecule has 0 aliphatic carbocycles. The maximum atomic E-state index is 13.1. The summed E-state index contributed by atoms with van der Waals surface area (Å²) in [5, 5.41) is 5.94. The summed E-state index contributed by atoms with van der Waals surface area (Å²) in [6.45, 7) is 8.35. The van der Waals surface area contributed by atoms with E-state index in [1.165, 1.54) is 0 Å². The number of nitrogens with one attached hydrogen (secondary N) is 2. The lowest BCUT2D eigenvalue weighted by molar-refractivity contribution is -0.134. The summed E-state index contributed by atoms with van der Waals surface area (Å²) >= 11 is 0. The number of urea groups is 1. The Morgan fingerprint density at radius 2 is 1.81 bits per heavy atom. The van der Waals surface area contributed by atoms with Crippen LogP contribution in [0.3, 0.4) is 0 Å². The molecule has 1 atom stereocenters. The van der Waals surface area contributed by atoms with Crippen LogP contribution in [-0.2, 0) is 9.53 Å². The molecule has 0 radical (unpaired) electrons. The second-order valence-corrected chi connectivity index (χ2v) is 9.13. The van der Waals surface area contributed by atoms with E-state index in [1.54, 1.807) is 7.05 Å². The van der Waals surface area contributed by atoms with Crippen molar-refractivity contribution in [3.8, 4) is 0 Å². The van der Waals surface area contributed by atoms with Crippen LogP contribution in [0.25, 0.3) is 0 Å². The first-order chi connectivity index (χ1) is 14.8. The van der Waals surface area contributed by atoms with Gasteiger partial charge in [0.2, 0.25) is 5.91 Å². The van der Waals surface area contributed by atoms with E-state index in [9.17, 15) is 9.59 Å². The number of ether oxygens (including phenoxy) is 1. The van der Waals surface area contributed by atoms with Crippen molar-refractivity contribution in [1.29, 1.82) is 0 Å². The molecule has 0 bridgehead atoms. The summed E-state index contributed by atoms with van der Waals surface area (Å²) in [6.07, 6.45) is 2.61. The number of amides is 3. The van der Waals surface area contributed by atoms with E-state index in [2.05, 4.69) is 15.6 Å². The van der Waals surface area contributed by atoms with E-state index in [1.807, 2.05) is 56.0 Å². The summed E-state index contributed by atoms with van der Waals surface area (Å²) in [4.78, 5) is 32.3. The van der Waals surface area contributed by atoms with Gasteiger partial charge in [0.05, 0.1) is 18.9 Å². The van der Waals surface area contributed by atoms with Crippen LogP contribution in [0.1, 0.15) is 45.6 Å². The van der Waals surface area contributed by atoms with Gasteiger partial charge in [-0.15, -0.1) is 0 Å². The molecule has 2 aliphatic heterocycles. The summed E-state index contributed by atoms with van der Waals surface area (Å²) in [5.74, 6) is -0.0126. The quantitative estimate of drug-likeness (QED) is 0.710. The van der Waals surface area contributed by atoms with Gasteiger partial charge in [-0.2, -0.15) is 0 Å². The Hall–Kier alpha value is -2.67. The fraction of sp³-hybridized carbons (Fsp3) is 0.542. The molecule has 0 aromatic heterocycles. The van der Waals surface area contributed by atoms with Gasteiger partial charge in [-0.3, -0.25) is 9.79 Å². The average molecular weight is 427 g/mol. The Bertz CT molecular complexity index is 849. The lowest BCUT2D eigenvalue weighted by Crippen LogP contribution is -2.56. The molecule has 1 saturated heterocycles. The number of hydrogen-bond acceptors (Lipinski definition) is 4. The minimum atomic E-state index is -0.595. The first kappa shape index (κ1) is 23.0. The van der Waals surface area contributed by atoms with Crippen molar-refractivity contribution in [1.82, 2.24) is 15.5 Å². The summed E-state index contributed by atoms with van der Waals surface area (Å²) in [6, 6.07) is 8.90. The summed E-state index contributed by atoms with van der Waals surface area (Å²) in [5.41, 5.74) is 3.03. The van der Waals surface area contributed by atoms with Gasteiger partial charge in [-0.25, -0.2) is 4.79 Å². The smallest absolute Gasteiger partial charge is 0.319 e. The van der Waals surface area contributed by atoms with Crippen molar-refractivity contribution in [2.45, 2.75) is 46.1 Å². The number of hydrogen-bond donors (Lipinski definition) is 2. The van der Waals surface area contributed by atoms with Crippen molar-refractivity contribution >= 4 is 17.6 Å². The maximum Gasteiger partial charge on any atom is 0.319 e. The molecule has 2 aliphatic rings. The minimum Gasteiger partial charge on any atom is -0.376 e. The van der Waals surface area contributed by atoms with Crippen molar-refractivity contribution in [2.75, 3.05) is 33.4 Å². The number of likely N-dealkylation sites (tertiary alicyclic amines) is 1. The van der Waals surface area contributed by atoms with Crippen molar-refractivity contribution in [3.63, 3.8) is 0 Å². The lowest BCUT2D eigenvalue weighted by Gasteiger charge is -2.33. The largest absolute Gasteiger partial charge is 0.376 e. The van der Waals surface area contributed by atoms with Crippen LogP contribution in [0.2, 0.25) is 0 Å². The van der Waals surface area contributed by atoms with Crippen molar-refractivity contribution < 1.29 is 14.3 Å². The molecule has 3 rings (SSSR count). The normalized spacial score (nSPS) is 18.7. The second kappa shape index (κ2) is 10.1. The highest BCUT2D eigenvalue weighted by Gasteiger charge is 2.36. The van der Waals surface area contributed by atoms with Crippen LogP contribution in [0.15, 0.2) is 46.6 Å². The van der Waals surface area contributed by atoms with E-state index in [-0.39, 0.29) is 11.9 Å². The molecule has 0 saturated carbocycles. The Morgan fingerprint density at radius 3 is 2.42 bits per heavy atom. The standard InChI is InChI=1S/C24H34N4O3/c1-24(2,3)21(22(29)28-13-8-9-14-28)27-23(30)26-19-12-15-31-16-18(19)20(25-4)17-10-6-5-7-11-17/h5-7,10-11,21H,8-9,12-16H2,1-4H3,(H2,26,27,30)/t21-/m1/s1. The van der Waals surface area contributed by atoms with E-state index >= 15 is 0 Å². The molecular formula is C24H34N4O3. The highest BCUT2D eigenvalue weighted by atomic mass is 16.5. The van der Waals surface area contributed by atoms with Crippen molar-refractivity contribution in [2.24, 2.45) is 10.4 Å². The zero-order chi connectivity index (χ0) is 22.4. The Morgan fingerprint density at radius 1 is 1.13 bits per heavy atom.